The third-order valence-corrected chi connectivity index (χ3v) is 7.96. The summed E-state index contributed by atoms with van der Waals surface area (Å²) in [6, 6.07) is 8.28. The van der Waals surface area contributed by atoms with Gasteiger partial charge in [0.25, 0.3) is 5.56 Å². The molecule has 1 fully saturated rings. The van der Waals surface area contributed by atoms with Crippen molar-refractivity contribution in [1.82, 2.24) is 19.4 Å². The standard InChI is InChI=1S/C27H26ClF3N4O3S/c1-16-11-17(28)12-21(24(16)38-18-3-2-7-32-8-4-18)20-5-9-33-22-13-19(39-25(20)22)14-35-23(36)6-10-34(26(35)37)15-27(29,30)31/h5-6,9-13,18,32H,2-4,7-8,14-15H2,1H3/t18-/m0/s1. The lowest BCUT2D eigenvalue weighted by Gasteiger charge is -2.22. The van der Waals surface area contributed by atoms with Crippen LogP contribution in [0, 0.1) is 6.92 Å². The second-order valence-electron chi connectivity index (χ2n) is 9.57. The summed E-state index contributed by atoms with van der Waals surface area (Å²) in [5.74, 6) is 0.739. The highest BCUT2D eigenvalue weighted by atomic mass is 35.5. The van der Waals surface area contributed by atoms with Crippen molar-refractivity contribution in [3.05, 3.63) is 79.0 Å². The molecule has 12 heteroatoms. The Morgan fingerprint density at radius 1 is 1.15 bits per heavy atom. The monoisotopic (exact) mass is 578 g/mol. The van der Waals surface area contributed by atoms with Gasteiger partial charge in [-0.2, -0.15) is 13.2 Å². The van der Waals surface area contributed by atoms with Crippen LogP contribution in [-0.4, -0.2) is 39.5 Å². The number of benzene rings is 1. The topological polar surface area (TPSA) is 78.2 Å². The number of nitrogens with one attached hydrogen (secondary N) is 1. The molecule has 206 valence electrons. The van der Waals surface area contributed by atoms with Crippen molar-refractivity contribution in [3.63, 3.8) is 0 Å². The van der Waals surface area contributed by atoms with Crippen molar-refractivity contribution < 1.29 is 17.9 Å². The summed E-state index contributed by atoms with van der Waals surface area (Å²) >= 11 is 7.79. The van der Waals surface area contributed by atoms with E-state index in [1.165, 1.54) is 11.3 Å². The summed E-state index contributed by atoms with van der Waals surface area (Å²) in [6.07, 6.45) is 0.823. The fraction of sp³-hybridized carbons (Fsp3) is 0.370. The van der Waals surface area contributed by atoms with Crippen LogP contribution >= 0.6 is 22.9 Å². The Labute approximate surface area is 230 Å². The summed E-state index contributed by atoms with van der Waals surface area (Å²) in [5, 5.41) is 3.95. The summed E-state index contributed by atoms with van der Waals surface area (Å²) in [5.41, 5.74) is 1.47. The summed E-state index contributed by atoms with van der Waals surface area (Å²) < 4.78 is 47.3. The average Bonchev–Trinajstić information content (AvgIpc) is 3.11. The van der Waals surface area contributed by atoms with Crippen LogP contribution in [0.1, 0.15) is 29.7 Å². The van der Waals surface area contributed by atoms with Crippen LogP contribution in [0.2, 0.25) is 5.02 Å². The minimum Gasteiger partial charge on any atom is -0.489 e. The van der Waals surface area contributed by atoms with E-state index in [1.807, 2.05) is 25.1 Å². The predicted molar refractivity (Wildman–Crippen MR) is 146 cm³/mol. The molecule has 1 aromatic carbocycles. The van der Waals surface area contributed by atoms with E-state index in [4.69, 9.17) is 16.3 Å². The molecule has 1 aliphatic rings. The number of alkyl halides is 3. The number of thiophene rings is 1. The molecule has 0 bridgehead atoms. The number of aryl methyl sites for hydroxylation is 1. The predicted octanol–water partition coefficient (Wildman–Crippen LogP) is 5.38. The van der Waals surface area contributed by atoms with Crippen LogP contribution in [0.5, 0.6) is 5.75 Å². The van der Waals surface area contributed by atoms with E-state index in [2.05, 4.69) is 10.3 Å². The molecule has 0 radical (unpaired) electrons. The van der Waals surface area contributed by atoms with E-state index in [1.54, 1.807) is 12.3 Å². The van der Waals surface area contributed by atoms with Gasteiger partial charge in [-0.1, -0.05) is 11.6 Å². The van der Waals surface area contributed by atoms with Crippen LogP contribution in [0.4, 0.5) is 13.2 Å². The molecule has 0 saturated carbocycles. The lowest BCUT2D eigenvalue weighted by Crippen LogP contribution is -2.41. The van der Waals surface area contributed by atoms with Crippen molar-refractivity contribution in [1.29, 1.82) is 0 Å². The molecule has 1 saturated heterocycles. The van der Waals surface area contributed by atoms with Crippen molar-refractivity contribution in [2.75, 3.05) is 13.1 Å². The SMILES string of the molecule is Cc1cc(Cl)cc(-c2ccnc3cc(Cn4c(=O)ccn(CC(F)(F)F)c4=O)sc23)c1O[C@H]1CCCNCC1. The van der Waals surface area contributed by atoms with Crippen molar-refractivity contribution >= 4 is 33.2 Å². The zero-order valence-electron chi connectivity index (χ0n) is 21.1. The first-order valence-electron chi connectivity index (χ1n) is 12.5. The molecular weight excluding hydrogens is 553 g/mol. The number of rotatable bonds is 6. The van der Waals surface area contributed by atoms with Crippen molar-refractivity contribution in [2.24, 2.45) is 0 Å². The lowest BCUT2D eigenvalue weighted by atomic mass is 10.0. The number of aromatic nitrogens is 3. The molecule has 39 heavy (non-hydrogen) atoms. The summed E-state index contributed by atoms with van der Waals surface area (Å²) in [7, 11) is 0. The Hall–Kier alpha value is -3.15. The molecule has 1 N–H and O–H groups in total. The Bertz CT molecular complexity index is 1620. The fourth-order valence-corrected chi connectivity index (χ4v) is 6.21. The Morgan fingerprint density at radius 2 is 1.97 bits per heavy atom. The summed E-state index contributed by atoms with van der Waals surface area (Å²) in [4.78, 5) is 30.2. The number of fused-ring (bicyclic) bond motifs is 1. The molecule has 0 unspecified atom stereocenters. The first kappa shape index (κ1) is 27.4. The zero-order chi connectivity index (χ0) is 27.7. The molecule has 0 aliphatic carbocycles. The number of ether oxygens (including phenoxy) is 1. The number of hydrogen-bond acceptors (Lipinski definition) is 6. The molecule has 4 heterocycles. The van der Waals surface area contributed by atoms with E-state index in [0.29, 0.717) is 20.0 Å². The van der Waals surface area contributed by atoms with Gasteiger partial charge in [0.05, 0.1) is 16.8 Å². The number of pyridine rings is 1. The van der Waals surface area contributed by atoms with Gasteiger partial charge in [-0.05, 0) is 69.1 Å². The van der Waals surface area contributed by atoms with E-state index >= 15 is 0 Å². The van der Waals surface area contributed by atoms with Crippen LogP contribution < -0.4 is 21.3 Å². The number of hydrogen-bond donors (Lipinski definition) is 1. The van der Waals surface area contributed by atoms with Crippen LogP contribution in [0.15, 0.2) is 52.3 Å². The fourth-order valence-electron chi connectivity index (χ4n) is 4.81. The van der Waals surface area contributed by atoms with Gasteiger partial charge < -0.3 is 10.1 Å². The third kappa shape index (κ3) is 6.21. The average molecular weight is 579 g/mol. The normalized spacial score (nSPS) is 16.4. The molecule has 5 rings (SSSR count). The number of nitrogens with zero attached hydrogens (tertiary/aromatic N) is 3. The van der Waals surface area contributed by atoms with Gasteiger partial charge in [-0.25, -0.2) is 4.79 Å². The molecule has 7 nitrogen and oxygen atoms in total. The van der Waals surface area contributed by atoms with Gasteiger partial charge in [-0.15, -0.1) is 11.3 Å². The highest BCUT2D eigenvalue weighted by Gasteiger charge is 2.29. The number of halogens is 4. The zero-order valence-corrected chi connectivity index (χ0v) is 22.6. The maximum absolute atomic E-state index is 12.9. The minimum atomic E-state index is -4.59. The van der Waals surface area contributed by atoms with Crippen LogP contribution in [0.25, 0.3) is 21.3 Å². The van der Waals surface area contributed by atoms with Gasteiger partial charge >= 0.3 is 11.9 Å². The quantitative estimate of drug-likeness (QED) is 0.332. The first-order chi connectivity index (χ1) is 18.6. The van der Waals surface area contributed by atoms with Crippen LogP contribution in [-0.2, 0) is 13.1 Å². The second-order valence-corrected chi connectivity index (χ2v) is 11.1. The molecule has 4 aromatic rings. The van der Waals surface area contributed by atoms with Gasteiger partial charge in [0.15, 0.2) is 0 Å². The van der Waals surface area contributed by atoms with Crippen molar-refractivity contribution in [3.8, 4) is 16.9 Å². The maximum Gasteiger partial charge on any atom is 0.406 e. The molecule has 1 aliphatic heterocycles. The second kappa shape index (κ2) is 11.1. The van der Waals surface area contributed by atoms with Crippen LogP contribution in [0.3, 0.4) is 0 Å². The van der Waals surface area contributed by atoms with E-state index in [0.717, 1.165) is 76.3 Å². The molecule has 0 spiro atoms. The Kier molecular flexibility index (Phi) is 7.84. The summed E-state index contributed by atoms with van der Waals surface area (Å²) in [6.45, 7) is 2.14. The van der Waals surface area contributed by atoms with E-state index < -0.39 is 24.0 Å². The minimum absolute atomic E-state index is 0.0543. The Balaban J connectivity index is 1.54. The lowest BCUT2D eigenvalue weighted by molar-refractivity contribution is -0.141. The molecule has 0 amide bonds. The largest absolute Gasteiger partial charge is 0.489 e. The third-order valence-electron chi connectivity index (χ3n) is 6.60. The highest BCUT2D eigenvalue weighted by Crippen LogP contribution is 2.42. The first-order valence-corrected chi connectivity index (χ1v) is 13.7. The Morgan fingerprint density at radius 3 is 2.77 bits per heavy atom. The molecule has 1 atom stereocenters. The molecule has 3 aromatic heterocycles. The van der Waals surface area contributed by atoms with Gasteiger partial charge in [0, 0.05) is 39.5 Å². The molecular formula is C27H26ClF3N4O3S. The van der Waals surface area contributed by atoms with E-state index in [9.17, 15) is 22.8 Å². The highest BCUT2D eigenvalue weighted by molar-refractivity contribution is 7.19. The van der Waals surface area contributed by atoms with Gasteiger partial charge in [0.2, 0.25) is 0 Å². The van der Waals surface area contributed by atoms with Gasteiger partial charge in [-0.3, -0.25) is 18.9 Å². The smallest absolute Gasteiger partial charge is 0.406 e. The van der Waals surface area contributed by atoms with E-state index in [-0.39, 0.29) is 12.6 Å². The maximum atomic E-state index is 12.9. The van der Waals surface area contributed by atoms with Crippen molar-refractivity contribution in [2.45, 2.75) is 51.6 Å². The van der Waals surface area contributed by atoms with Gasteiger partial charge in [0.1, 0.15) is 18.4 Å².